The lowest BCUT2D eigenvalue weighted by Crippen LogP contribution is -2.44. The molecule has 1 N–H and O–H groups in total. The Kier molecular flexibility index (Phi) is 8.59. The van der Waals surface area contributed by atoms with Gasteiger partial charge in [0.15, 0.2) is 6.29 Å². The molecular formula is C14H30N2O2. The van der Waals surface area contributed by atoms with Crippen molar-refractivity contribution < 1.29 is 9.47 Å². The van der Waals surface area contributed by atoms with Crippen LogP contribution < -0.4 is 5.32 Å². The Labute approximate surface area is 112 Å². The first kappa shape index (κ1) is 15.9. The van der Waals surface area contributed by atoms with Crippen LogP contribution in [0, 0.1) is 0 Å². The van der Waals surface area contributed by atoms with Crippen LogP contribution in [0.1, 0.15) is 40.0 Å². The van der Waals surface area contributed by atoms with Gasteiger partial charge in [-0.1, -0.05) is 6.92 Å². The second kappa shape index (κ2) is 9.73. The molecule has 1 aliphatic heterocycles. The maximum absolute atomic E-state index is 5.60. The van der Waals surface area contributed by atoms with E-state index in [0.717, 1.165) is 51.9 Å². The van der Waals surface area contributed by atoms with Crippen molar-refractivity contribution in [1.29, 1.82) is 0 Å². The summed E-state index contributed by atoms with van der Waals surface area (Å²) < 4.78 is 11.2. The van der Waals surface area contributed by atoms with E-state index >= 15 is 0 Å². The summed E-state index contributed by atoms with van der Waals surface area (Å²) in [6.45, 7) is 12.3. The fourth-order valence-electron chi connectivity index (χ4n) is 2.63. The highest BCUT2D eigenvalue weighted by Crippen LogP contribution is 2.13. The second-order valence-corrected chi connectivity index (χ2v) is 4.74. The van der Waals surface area contributed by atoms with Crippen LogP contribution in [-0.2, 0) is 9.47 Å². The smallest absolute Gasteiger partial charge is 0.158 e. The molecule has 1 fully saturated rings. The fraction of sp³-hybridized carbons (Fsp3) is 1.00. The van der Waals surface area contributed by atoms with Crippen LogP contribution in [0.4, 0.5) is 0 Å². The molecule has 0 aromatic rings. The Morgan fingerprint density at radius 1 is 1.11 bits per heavy atom. The Balaban J connectivity index is 2.31. The van der Waals surface area contributed by atoms with Gasteiger partial charge in [-0.25, -0.2) is 0 Å². The minimum Gasteiger partial charge on any atom is -0.353 e. The number of nitrogens with one attached hydrogen (secondary N) is 1. The van der Waals surface area contributed by atoms with Gasteiger partial charge in [-0.2, -0.15) is 0 Å². The first-order chi connectivity index (χ1) is 8.81. The van der Waals surface area contributed by atoms with Crippen molar-refractivity contribution in [3.05, 3.63) is 0 Å². The maximum atomic E-state index is 5.60. The summed E-state index contributed by atoms with van der Waals surface area (Å²) in [6.07, 6.45) is 3.47. The van der Waals surface area contributed by atoms with E-state index in [4.69, 9.17) is 9.47 Å². The SMILES string of the molecule is CCOC(CCN(CC)C1CCNCC1)OCC. The van der Waals surface area contributed by atoms with Crippen molar-refractivity contribution in [2.45, 2.75) is 52.4 Å². The van der Waals surface area contributed by atoms with Crippen LogP contribution in [0.3, 0.4) is 0 Å². The van der Waals surface area contributed by atoms with Gasteiger partial charge in [0, 0.05) is 32.2 Å². The van der Waals surface area contributed by atoms with Crippen molar-refractivity contribution >= 4 is 0 Å². The van der Waals surface area contributed by atoms with Crippen LogP contribution in [0.15, 0.2) is 0 Å². The topological polar surface area (TPSA) is 33.7 Å². The molecule has 0 aromatic heterocycles. The second-order valence-electron chi connectivity index (χ2n) is 4.74. The van der Waals surface area contributed by atoms with Gasteiger partial charge in [-0.05, 0) is 46.3 Å². The van der Waals surface area contributed by atoms with Crippen LogP contribution in [-0.4, -0.2) is 56.6 Å². The molecule has 1 aliphatic rings. The van der Waals surface area contributed by atoms with E-state index in [1.54, 1.807) is 0 Å². The first-order valence-corrected chi connectivity index (χ1v) is 7.49. The minimum atomic E-state index is -0.0317. The molecule has 4 heteroatoms. The van der Waals surface area contributed by atoms with Gasteiger partial charge >= 0.3 is 0 Å². The van der Waals surface area contributed by atoms with Crippen molar-refractivity contribution in [1.82, 2.24) is 10.2 Å². The van der Waals surface area contributed by atoms with E-state index in [9.17, 15) is 0 Å². The summed E-state index contributed by atoms with van der Waals surface area (Å²) >= 11 is 0. The minimum absolute atomic E-state index is 0.0317. The average molecular weight is 258 g/mol. The molecule has 0 spiro atoms. The average Bonchev–Trinajstić information content (AvgIpc) is 2.41. The lowest BCUT2D eigenvalue weighted by molar-refractivity contribution is -0.142. The largest absolute Gasteiger partial charge is 0.353 e. The standard InChI is InChI=1S/C14H30N2O2/c1-4-16(13-7-10-15-11-8-13)12-9-14(17-5-2)18-6-3/h13-15H,4-12H2,1-3H3. The number of nitrogens with zero attached hydrogens (tertiary/aromatic N) is 1. The van der Waals surface area contributed by atoms with Gasteiger partial charge in [0.2, 0.25) is 0 Å². The highest BCUT2D eigenvalue weighted by atomic mass is 16.7. The quantitative estimate of drug-likeness (QED) is 0.640. The molecule has 0 unspecified atom stereocenters. The molecule has 0 atom stereocenters. The molecular weight excluding hydrogens is 228 g/mol. The number of hydrogen-bond acceptors (Lipinski definition) is 4. The fourth-order valence-corrected chi connectivity index (χ4v) is 2.63. The molecule has 18 heavy (non-hydrogen) atoms. The highest BCUT2D eigenvalue weighted by Gasteiger charge is 2.20. The Bertz CT molecular complexity index is 190. The van der Waals surface area contributed by atoms with Gasteiger partial charge < -0.3 is 19.7 Å². The van der Waals surface area contributed by atoms with Crippen LogP contribution in [0.5, 0.6) is 0 Å². The van der Waals surface area contributed by atoms with E-state index < -0.39 is 0 Å². The van der Waals surface area contributed by atoms with E-state index in [2.05, 4.69) is 17.1 Å². The Morgan fingerprint density at radius 3 is 2.22 bits per heavy atom. The predicted molar refractivity (Wildman–Crippen MR) is 74.8 cm³/mol. The van der Waals surface area contributed by atoms with Crippen LogP contribution in [0.25, 0.3) is 0 Å². The molecule has 1 heterocycles. The Morgan fingerprint density at radius 2 is 1.72 bits per heavy atom. The predicted octanol–water partition coefficient (Wildman–Crippen LogP) is 1.85. The maximum Gasteiger partial charge on any atom is 0.158 e. The Hall–Kier alpha value is -0.160. The first-order valence-electron chi connectivity index (χ1n) is 7.49. The van der Waals surface area contributed by atoms with E-state index in [-0.39, 0.29) is 6.29 Å². The molecule has 0 bridgehead atoms. The third-order valence-corrected chi connectivity index (χ3v) is 3.59. The molecule has 108 valence electrons. The normalized spacial score (nSPS) is 17.8. The molecule has 4 nitrogen and oxygen atoms in total. The lowest BCUT2D eigenvalue weighted by Gasteiger charge is -2.34. The molecule has 0 amide bonds. The molecule has 1 rings (SSSR count). The summed E-state index contributed by atoms with van der Waals surface area (Å²) in [5.41, 5.74) is 0. The number of ether oxygens (including phenoxy) is 2. The zero-order chi connectivity index (χ0) is 13.2. The van der Waals surface area contributed by atoms with Gasteiger partial charge in [0.05, 0.1) is 0 Å². The molecule has 0 saturated carbocycles. The summed E-state index contributed by atoms with van der Waals surface area (Å²) in [5, 5.41) is 3.42. The number of piperidine rings is 1. The van der Waals surface area contributed by atoms with Crippen LogP contribution >= 0.6 is 0 Å². The number of hydrogen-bond donors (Lipinski definition) is 1. The molecule has 1 saturated heterocycles. The summed E-state index contributed by atoms with van der Waals surface area (Å²) in [7, 11) is 0. The zero-order valence-electron chi connectivity index (χ0n) is 12.3. The number of rotatable bonds is 9. The highest BCUT2D eigenvalue weighted by molar-refractivity contribution is 4.77. The van der Waals surface area contributed by atoms with E-state index in [1.807, 2.05) is 13.8 Å². The van der Waals surface area contributed by atoms with E-state index in [0.29, 0.717) is 0 Å². The summed E-state index contributed by atoms with van der Waals surface area (Å²) in [4.78, 5) is 2.58. The lowest BCUT2D eigenvalue weighted by atomic mass is 10.0. The van der Waals surface area contributed by atoms with Gasteiger partial charge in [0.25, 0.3) is 0 Å². The van der Waals surface area contributed by atoms with Crippen molar-refractivity contribution in [2.24, 2.45) is 0 Å². The zero-order valence-corrected chi connectivity index (χ0v) is 12.3. The van der Waals surface area contributed by atoms with Crippen LogP contribution in [0.2, 0.25) is 0 Å². The van der Waals surface area contributed by atoms with Crippen molar-refractivity contribution in [3.63, 3.8) is 0 Å². The third kappa shape index (κ3) is 5.65. The van der Waals surface area contributed by atoms with Crippen molar-refractivity contribution in [3.8, 4) is 0 Å². The van der Waals surface area contributed by atoms with Crippen molar-refractivity contribution in [2.75, 3.05) is 39.4 Å². The summed E-state index contributed by atoms with van der Waals surface area (Å²) in [6, 6.07) is 0.736. The van der Waals surface area contributed by atoms with Gasteiger partial charge in [0.1, 0.15) is 0 Å². The van der Waals surface area contributed by atoms with E-state index in [1.165, 1.54) is 12.8 Å². The summed E-state index contributed by atoms with van der Waals surface area (Å²) in [5.74, 6) is 0. The van der Waals surface area contributed by atoms with Gasteiger partial charge in [-0.15, -0.1) is 0 Å². The molecule has 0 aliphatic carbocycles. The molecule has 0 aromatic carbocycles. The van der Waals surface area contributed by atoms with Gasteiger partial charge in [-0.3, -0.25) is 0 Å². The molecule has 0 radical (unpaired) electrons. The monoisotopic (exact) mass is 258 g/mol. The third-order valence-electron chi connectivity index (χ3n) is 3.59.